The van der Waals surface area contributed by atoms with Gasteiger partial charge in [-0.3, -0.25) is 9.59 Å². The molecule has 2 aromatic heterocycles. The van der Waals surface area contributed by atoms with Crippen LogP contribution in [0.15, 0.2) is 30.6 Å². The van der Waals surface area contributed by atoms with Gasteiger partial charge in [0, 0.05) is 31.5 Å². The fourth-order valence-electron chi connectivity index (χ4n) is 5.82. The standard InChI is InChI=1S/C27H29ClN6O5/c1-29-26(39)27-11-10-17(27)21(22(37)23(27)38)34-14-31-20-24(30-13-15-6-5-7-16(28)12-15)32-18(33-25(20)34)8-3-2-4-9-19(35)36/h5-7,12,14,17,21-23,37-38H,2,4,9-11,13H2,1H3,(H,29,39)(H,35,36)(H,30,32,33)/t17?,21-,22?,23?,27+/m1/s1. The number of hydrogen-bond acceptors (Lipinski definition) is 8. The summed E-state index contributed by atoms with van der Waals surface area (Å²) in [7, 11) is 1.53. The zero-order chi connectivity index (χ0) is 27.7. The van der Waals surface area contributed by atoms with Gasteiger partial charge in [0.2, 0.25) is 11.7 Å². The van der Waals surface area contributed by atoms with E-state index in [2.05, 4.69) is 37.4 Å². The van der Waals surface area contributed by atoms with Gasteiger partial charge in [0.1, 0.15) is 6.10 Å². The second kappa shape index (κ2) is 10.8. The van der Waals surface area contributed by atoms with Crippen LogP contribution in [0.2, 0.25) is 5.02 Å². The zero-order valence-corrected chi connectivity index (χ0v) is 22.0. The molecule has 39 heavy (non-hydrogen) atoms. The Balaban J connectivity index is 1.52. The molecule has 5 rings (SSSR count). The van der Waals surface area contributed by atoms with E-state index in [1.165, 1.54) is 7.05 Å². The summed E-state index contributed by atoms with van der Waals surface area (Å²) in [6.45, 7) is 0.401. The van der Waals surface area contributed by atoms with Crippen molar-refractivity contribution in [3.8, 4) is 11.8 Å². The first-order chi connectivity index (χ1) is 18.8. The molecule has 0 bridgehead atoms. The molecule has 1 amide bonds. The molecule has 0 saturated heterocycles. The summed E-state index contributed by atoms with van der Waals surface area (Å²) in [4.78, 5) is 37.3. The summed E-state index contributed by atoms with van der Waals surface area (Å²) in [5.74, 6) is 4.99. The van der Waals surface area contributed by atoms with E-state index in [-0.39, 0.29) is 24.1 Å². The maximum absolute atomic E-state index is 12.8. The molecule has 2 aliphatic rings. The molecule has 3 aromatic rings. The van der Waals surface area contributed by atoms with Crippen LogP contribution in [0.4, 0.5) is 5.82 Å². The smallest absolute Gasteiger partial charge is 0.303 e. The van der Waals surface area contributed by atoms with Crippen molar-refractivity contribution in [1.82, 2.24) is 24.8 Å². The number of aromatic nitrogens is 4. The number of carboxylic acids is 1. The molecule has 5 atom stereocenters. The second-order valence-corrected chi connectivity index (χ2v) is 10.4. The van der Waals surface area contributed by atoms with Gasteiger partial charge >= 0.3 is 5.97 Å². The molecule has 2 aliphatic carbocycles. The summed E-state index contributed by atoms with van der Waals surface area (Å²) in [6.07, 6.45) is 1.04. The Morgan fingerprint density at radius 1 is 1.28 bits per heavy atom. The summed E-state index contributed by atoms with van der Waals surface area (Å²) < 4.78 is 1.71. The highest BCUT2D eigenvalue weighted by Crippen LogP contribution is 2.62. The van der Waals surface area contributed by atoms with Crippen LogP contribution in [-0.2, 0) is 16.1 Å². The van der Waals surface area contributed by atoms with Crippen molar-refractivity contribution in [3.05, 3.63) is 47.0 Å². The van der Waals surface area contributed by atoms with Gasteiger partial charge in [-0.25, -0.2) is 15.0 Å². The Morgan fingerprint density at radius 2 is 2.10 bits per heavy atom. The van der Waals surface area contributed by atoms with Crippen molar-refractivity contribution >= 4 is 40.5 Å². The largest absolute Gasteiger partial charge is 0.481 e. The van der Waals surface area contributed by atoms with Crippen molar-refractivity contribution in [3.63, 3.8) is 0 Å². The van der Waals surface area contributed by atoms with Crippen LogP contribution in [0.5, 0.6) is 0 Å². The highest BCUT2D eigenvalue weighted by Gasteiger charge is 2.68. The molecule has 12 heteroatoms. The maximum Gasteiger partial charge on any atom is 0.303 e. The van der Waals surface area contributed by atoms with E-state index in [9.17, 15) is 19.8 Å². The molecular weight excluding hydrogens is 524 g/mol. The van der Waals surface area contributed by atoms with Gasteiger partial charge in [-0.05, 0) is 48.8 Å². The minimum Gasteiger partial charge on any atom is -0.481 e. The quantitative estimate of drug-likeness (QED) is 0.208. The van der Waals surface area contributed by atoms with E-state index in [1.54, 1.807) is 17.0 Å². The number of unbranched alkanes of at least 4 members (excludes halogenated alkanes) is 1. The lowest BCUT2D eigenvalue weighted by molar-refractivity contribution is -0.151. The normalized spacial score (nSPS) is 25.3. The van der Waals surface area contributed by atoms with Crippen LogP contribution in [0.1, 0.15) is 49.5 Å². The zero-order valence-electron chi connectivity index (χ0n) is 21.3. The number of amides is 1. The summed E-state index contributed by atoms with van der Waals surface area (Å²) >= 11 is 6.13. The number of carboxylic acid groups (broad SMARTS) is 1. The van der Waals surface area contributed by atoms with Crippen LogP contribution >= 0.6 is 11.6 Å². The predicted octanol–water partition coefficient (Wildman–Crippen LogP) is 2.12. The molecule has 204 valence electrons. The number of aliphatic hydroxyl groups is 2. The number of anilines is 1. The fourth-order valence-corrected chi connectivity index (χ4v) is 6.03. The van der Waals surface area contributed by atoms with Crippen LogP contribution < -0.4 is 10.6 Å². The molecule has 1 aromatic carbocycles. The van der Waals surface area contributed by atoms with Crippen molar-refractivity contribution < 1.29 is 24.9 Å². The lowest BCUT2D eigenvalue weighted by Crippen LogP contribution is -2.55. The van der Waals surface area contributed by atoms with Crippen LogP contribution in [0.25, 0.3) is 11.2 Å². The van der Waals surface area contributed by atoms with Gasteiger partial charge < -0.3 is 30.5 Å². The molecular formula is C27H29ClN6O5. The van der Waals surface area contributed by atoms with Crippen molar-refractivity contribution in [2.24, 2.45) is 11.3 Å². The highest BCUT2D eigenvalue weighted by atomic mass is 35.5. The van der Waals surface area contributed by atoms with Gasteiger partial charge in [-0.2, -0.15) is 0 Å². The number of nitrogens with zero attached hydrogens (tertiary/aromatic N) is 4. The first kappa shape index (κ1) is 26.9. The Morgan fingerprint density at radius 3 is 2.79 bits per heavy atom. The van der Waals surface area contributed by atoms with Crippen LogP contribution in [-0.4, -0.2) is 66.0 Å². The number of rotatable bonds is 8. The van der Waals surface area contributed by atoms with Crippen molar-refractivity contribution in [1.29, 1.82) is 0 Å². The molecule has 0 spiro atoms. The minimum absolute atomic E-state index is 0.0180. The average Bonchev–Trinajstić information content (AvgIpc) is 3.37. The molecule has 2 saturated carbocycles. The van der Waals surface area contributed by atoms with Crippen molar-refractivity contribution in [2.45, 2.75) is 56.9 Å². The molecule has 5 N–H and O–H groups in total. The predicted molar refractivity (Wildman–Crippen MR) is 143 cm³/mol. The Labute approximate surface area is 229 Å². The molecule has 11 nitrogen and oxygen atoms in total. The topological polar surface area (TPSA) is 162 Å². The number of aliphatic hydroxyl groups excluding tert-OH is 2. The third kappa shape index (κ3) is 4.80. The summed E-state index contributed by atoms with van der Waals surface area (Å²) in [5.41, 5.74) is 0.716. The van der Waals surface area contributed by atoms with Crippen LogP contribution in [0, 0.1) is 23.2 Å². The number of aliphatic carboxylic acids is 1. The average molecular weight is 553 g/mol. The van der Waals surface area contributed by atoms with E-state index < -0.39 is 29.6 Å². The maximum atomic E-state index is 12.8. The van der Waals surface area contributed by atoms with Crippen LogP contribution in [0.3, 0.4) is 0 Å². The number of halogens is 1. The lowest BCUT2D eigenvalue weighted by Gasteiger charge is -2.46. The molecule has 0 radical (unpaired) electrons. The van der Waals surface area contributed by atoms with E-state index in [4.69, 9.17) is 16.7 Å². The number of fused-ring (bicyclic) bond motifs is 2. The van der Waals surface area contributed by atoms with Gasteiger partial charge in [-0.1, -0.05) is 29.7 Å². The summed E-state index contributed by atoms with van der Waals surface area (Å²) in [6, 6.07) is 6.77. The van der Waals surface area contributed by atoms with E-state index in [1.807, 2.05) is 18.2 Å². The first-order valence-electron chi connectivity index (χ1n) is 12.8. The third-order valence-electron chi connectivity index (χ3n) is 7.78. The number of hydrogen-bond donors (Lipinski definition) is 5. The SMILES string of the molecule is CNC(=O)[C@@]12CCC1[C@@H](n1cnc3c(NCc4cccc(Cl)c4)nc(C#CCCCC(=O)O)nc31)C(O)C2O. The Kier molecular flexibility index (Phi) is 7.44. The van der Waals surface area contributed by atoms with Crippen molar-refractivity contribution in [2.75, 3.05) is 12.4 Å². The Hall–Kier alpha value is -3.72. The molecule has 3 unspecified atom stereocenters. The number of benzene rings is 1. The number of nitrogens with one attached hydrogen (secondary N) is 2. The van der Waals surface area contributed by atoms with Gasteiger partial charge in [-0.15, -0.1) is 0 Å². The summed E-state index contributed by atoms with van der Waals surface area (Å²) in [5, 5.41) is 37.5. The monoisotopic (exact) mass is 552 g/mol. The first-order valence-corrected chi connectivity index (χ1v) is 13.2. The minimum atomic E-state index is -1.23. The van der Waals surface area contributed by atoms with E-state index in [0.717, 1.165) is 5.56 Å². The third-order valence-corrected chi connectivity index (χ3v) is 8.01. The second-order valence-electron chi connectivity index (χ2n) is 9.94. The van der Waals surface area contributed by atoms with E-state index >= 15 is 0 Å². The van der Waals surface area contributed by atoms with Gasteiger partial charge in [0.15, 0.2) is 17.0 Å². The number of imidazole rings is 1. The molecule has 2 fully saturated rings. The molecule has 2 heterocycles. The Bertz CT molecular complexity index is 1480. The lowest BCUT2D eigenvalue weighted by atomic mass is 9.59. The van der Waals surface area contributed by atoms with E-state index in [0.29, 0.717) is 54.2 Å². The van der Waals surface area contributed by atoms with Gasteiger partial charge in [0.05, 0.1) is 23.9 Å². The van der Waals surface area contributed by atoms with Gasteiger partial charge in [0.25, 0.3) is 0 Å². The fraction of sp³-hybridized carbons (Fsp3) is 0.444. The number of carbonyl (C=O) groups is 2. The number of carbonyl (C=O) groups excluding carboxylic acids is 1. The highest BCUT2D eigenvalue weighted by molar-refractivity contribution is 6.30. The molecule has 0 aliphatic heterocycles.